The van der Waals surface area contributed by atoms with Crippen LogP contribution in [-0.4, -0.2) is 34.9 Å². The number of hydrogen-bond acceptors (Lipinski definition) is 6. The first-order valence-electron chi connectivity index (χ1n) is 8.65. The largest absolute Gasteiger partial charge is 0.470 e. The molecule has 1 aliphatic heterocycles. The maximum atomic E-state index is 6.07. The molecule has 0 spiro atoms. The van der Waals surface area contributed by atoms with E-state index in [9.17, 15) is 0 Å². The number of para-hydroxylation sites is 1. The highest BCUT2D eigenvalue weighted by molar-refractivity contribution is 6.99. The van der Waals surface area contributed by atoms with Crippen molar-refractivity contribution >= 4 is 46.4 Å². The summed E-state index contributed by atoms with van der Waals surface area (Å²) in [4.78, 5) is 4.61. The summed E-state index contributed by atoms with van der Waals surface area (Å²) in [6, 6.07) is 15.9. The molecule has 3 aromatic rings. The molecular weight excluding hydrogens is 403 g/mol. The van der Waals surface area contributed by atoms with Gasteiger partial charge in [-0.25, -0.2) is 0 Å². The Bertz CT molecular complexity index is 898. The van der Waals surface area contributed by atoms with E-state index in [4.69, 9.17) is 27.9 Å². The highest BCUT2D eigenvalue weighted by Crippen LogP contribution is 2.29. The molecule has 1 saturated heterocycles. The predicted molar refractivity (Wildman–Crippen MR) is 112 cm³/mol. The SMILES string of the molecule is Clc1ccc(COc2nsnc2N2CCN(c3ccccc3)CC2)cc1Cl. The summed E-state index contributed by atoms with van der Waals surface area (Å²) in [5, 5.41) is 1.05. The topological polar surface area (TPSA) is 41.5 Å². The molecule has 5 nitrogen and oxygen atoms in total. The second kappa shape index (κ2) is 8.33. The number of aromatic nitrogens is 2. The van der Waals surface area contributed by atoms with Gasteiger partial charge in [0.1, 0.15) is 6.61 Å². The van der Waals surface area contributed by atoms with Crippen LogP contribution in [0.3, 0.4) is 0 Å². The first-order valence-corrected chi connectivity index (χ1v) is 10.1. The lowest BCUT2D eigenvalue weighted by atomic mass is 10.2. The zero-order valence-corrected chi connectivity index (χ0v) is 16.8. The van der Waals surface area contributed by atoms with E-state index in [0.717, 1.165) is 37.6 Å². The Hall–Kier alpha value is -2.02. The monoisotopic (exact) mass is 420 g/mol. The van der Waals surface area contributed by atoms with Crippen molar-refractivity contribution in [3.63, 3.8) is 0 Å². The van der Waals surface area contributed by atoms with Crippen molar-refractivity contribution in [2.45, 2.75) is 6.61 Å². The van der Waals surface area contributed by atoms with Gasteiger partial charge in [-0.2, -0.15) is 4.37 Å². The smallest absolute Gasteiger partial charge is 0.271 e. The minimum Gasteiger partial charge on any atom is -0.470 e. The second-order valence-corrected chi connectivity index (χ2v) is 7.58. The van der Waals surface area contributed by atoms with Gasteiger partial charge >= 0.3 is 0 Å². The average Bonchev–Trinajstić information content (AvgIpc) is 3.18. The van der Waals surface area contributed by atoms with Gasteiger partial charge in [-0.15, -0.1) is 4.37 Å². The molecule has 1 aliphatic rings. The lowest BCUT2D eigenvalue weighted by molar-refractivity contribution is 0.296. The lowest BCUT2D eigenvalue weighted by Crippen LogP contribution is -2.46. The van der Waals surface area contributed by atoms with E-state index < -0.39 is 0 Å². The van der Waals surface area contributed by atoms with Crippen molar-refractivity contribution in [1.29, 1.82) is 0 Å². The molecule has 0 radical (unpaired) electrons. The van der Waals surface area contributed by atoms with Crippen LogP contribution < -0.4 is 14.5 Å². The molecule has 2 heterocycles. The maximum Gasteiger partial charge on any atom is 0.271 e. The molecule has 0 aliphatic carbocycles. The minimum absolute atomic E-state index is 0.374. The Labute approximate surface area is 172 Å². The van der Waals surface area contributed by atoms with Crippen molar-refractivity contribution in [3.05, 3.63) is 64.1 Å². The second-order valence-electron chi connectivity index (χ2n) is 6.24. The van der Waals surface area contributed by atoms with Gasteiger partial charge in [-0.05, 0) is 29.8 Å². The molecule has 1 aromatic heterocycles. The van der Waals surface area contributed by atoms with Crippen molar-refractivity contribution in [2.24, 2.45) is 0 Å². The standard InChI is InChI=1S/C19H18Cl2N4OS/c20-16-7-6-14(12-17(16)21)13-26-19-18(22-27-23-19)25-10-8-24(9-11-25)15-4-2-1-3-5-15/h1-7,12H,8-11,13H2. The van der Waals surface area contributed by atoms with Crippen LogP contribution in [-0.2, 0) is 6.61 Å². The Morgan fingerprint density at radius 2 is 1.63 bits per heavy atom. The zero-order chi connectivity index (χ0) is 18.6. The fourth-order valence-electron chi connectivity index (χ4n) is 3.06. The molecule has 140 valence electrons. The zero-order valence-electron chi connectivity index (χ0n) is 14.5. The van der Waals surface area contributed by atoms with E-state index in [1.54, 1.807) is 6.07 Å². The lowest BCUT2D eigenvalue weighted by Gasteiger charge is -2.36. The summed E-state index contributed by atoms with van der Waals surface area (Å²) in [7, 11) is 0. The summed E-state index contributed by atoms with van der Waals surface area (Å²) >= 11 is 13.2. The van der Waals surface area contributed by atoms with E-state index in [0.29, 0.717) is 22.5 Å². The fraction of sp³-hybridized carbons (Fsp3) is 0.263. The average molecular weight is 421 g/mol. The van der Waals surface area contributed by atoms with Crippen LogP contribution in [0.1, 0.15) is 5.56 Å². The third-order valence-corrected chi connectivity index (χ3v) is 5.74. The first-order chi connectivity index (χ1) is 13.2. The van der Waals surface area contributed by atoms with Gasteiger partial charge in [-0.3, -0.25) is 0 Å². The Kier molecular flexibility index (Phi) is 5.66. The van der Waals surface area contributed by atoms with E-state index in [1.165, 1.54) is 17.4 Å². The molecular formula is C19H18Cl2N4OS. The fourth-order valence-corrected chi connectivity index (χ4v) is 3.90. The van der Waals surface area contributed by atoms with Crippen LogP contribution in [0.2, 0.25) is 10.0 Å². The third-order valence-electron chi connectivity index (χ3n) is 4.50. The maximum absolute atomic E-state index is 6.07. The molecule has 0 saturated carbocycles. The van der Waals surface area contributed by atoms with Gasteiger partial charge in [0, 0.05) is 31.9 Å². The quantitative estimate of drug-likeness (QED) is 0.595. The molecule has 0 amide bonds. The number of anilines is 2. The highest BCUT2D eigenvalue weighted by Gasteiger charge is 2.23. The van der Waals surface area contributed by atoms with Crippen LogP contribution >= 0.6 is 34.9 Å². The van der Waals surface area contributed by atoms with E-state index in [-0.39, 0.29) is 0 Å². The number of hydrogen-bond donors (Lipinski definition) is 0. The van der Waals surface area contributed by atoms with Crippen LogP contribution in [0, 0.1) is 0 Å². The number of benzene rings is 2. The van der Waals surface area contributed by atoms with Gasteiger partial charge in [0.15, 0.2) is 0 Å². The summed E-state index contributed by atoms with van der Waals surface area (Å²) in [6.07, 6.45) is 0. The molecule has 8 heteroatoms. The predicted octanol–water partition coefficient (Wildman–Crippen LogP) is 4.75. The van der Waals surface area contributed by atoms with Crippen LogP contribution in [0.4, 0.5) is 11.5 Å². The first kappa shape index (κ1) is 18.3. The molecule has 2 aromatic carbocycles. The Morgan fingerprint density at radius 1 is 0.889 bits per heavy atom. The van der Waals surface area contributed by atoms with E-state index in [2.05, 4.69) is 42.8 Å². The number of ether oxygens (including phenoxy) is 1. The van der Waals surface area contributed by atoms with E-state index in [1.807, 2.05) is 18.2 Å². The molecule has 0 bridgehead atoms. The van der Waals surface area contributed by atoms with Gasteiger partial charge in [-0.1, -0.05) is 47.5 Å². The van der Waals surface area contributed by atoms with Crippen molar-refractivity contribution in [2.75, 3.05) is 36.0 Å². The van der Waals surface area contributed by atoms with Gasteiger partial charge in [0.05, 0.1) is 21.8 Å². The summed E-state index contributed by atoms with van der Waals surface area (Å²) in [5.74, 6) is 1.38. The van der Waals surface area contributed by atoms with Crippen molar-refractivity contribution in [1.82, 2.24) is 8.75 Å². The molecule has 0 unspecified atom stereocenters. The Balaban J connectivity index is 1.38. The normalized spacial score (nSPS) is 14.4. The van der Waals surface area contributed by atoms with Crippen LogP contribution in [0.25, 0.3) is 0 Å². The molecule has 1 fully saturated rings. The van der Waals surface area contributed by atoms with E-state index >= 15 is 0 Å². The summed E-state index contributed by atoms with van der Waals surface area (Å²) in [6.45, 7) is 4.01. The molecule has 27 heavy (non-hydrogen) atoms. The van der Waals surface area contributed by atoms with Gasteiger partial charge < -0.3 is 14.5 Å². The van der Waals surface area contributed by atoms with Gasteiger partial charge in [0.2, 0.25) is 5.82 Å². The van der Waals surface area contributed by atoms with Crippen LogP contribution in [0.15, 0.2) is 48.5 Å². The minimum atomic E-state index is 0.374. The number of halogens is 2. The van der Waals surface area contributed by atoms with Crippen molar-refractivity contribution < 1.29 is 4.74 Å². The molecule has 0 N–H and O–H groups in total. The summed E-state index contributed by atoms with van der Waals surface area (Å²) < 4.78 is 14.7. The van der Waals surface area contributed by atoms with Crippen LogP contribution in [0.5, 0.6) is 5.88 Å². The molecule has 4 rings (SSSR count). The summed E-state index contributed by atoms with van der Waals surface area (Å²) in [5.41, 5.74) is 2.20. The Morgan fingerprint density at radius 3 is 2.37 bits per heavy atom. The van der Waals surface area contributed by atoms with Gasteiger partial charge in [0.25, 0.3) is 5.88 Å². The molecule has 0 atom stereocenters. The third kappa shape index (κ3) is 4.29. The number of nitrogens with zero attached hydrogens (tertiary/aromatic N) is 4. The number of rotatable bonds is 5. The highest BCUT2D eigenvalue weighted by atomic mass is 35.5. The number of piperazine rings is 1. The van der Waals surface area contributed by atoms with Crippen molar-refractivity contribution in [3.8, 4) is 5.88 Å².